The van der Waals surface area contributed by atoms with Crippen LogP contribution in [0.15, 0.2) is 336 Å². The van der Waals surface area contributed by atoms with Crippen LogP contribution in [0.1, 0.15) is 142 Å². The largest absolute Gasteiger partial charge is 0.392 e. The SMILES string of the molecule is CC(C)(C#N)c1cc(-c2cccc(/C=C(\CC#N)c3ccc(S(C)(=O)=O)cc3)c2)c2ncccc2c1.CC(C)(C#N)c1cc(-c2cccc(/C=C(\CO)c3ccc(S(C)(=O)=O)cc3)c2)c2ncccc2c1.CC(C)(C(N)=O)/C(=C\c1cccc(-c2cc(C(C)(C)C#N)cc3cccnc23)c1)c1ccc(S(C)(=O)=O)cc1.CN(C)C/C(=C/c1cccc(-c2cc(C(C)(C)C#N)cc3cccnc23)c1)c1ccc(S(C)(=O)=O)cc1. The molecule has 12 aromatic carbocycles. The van der Waals surface area contributed by atoms with Gasteiger partial charge >= 0.3 is 0 Å². The number of hydrogen-bond acceptors (Lipinski definition) is 20. The zero-order chi connectivity index (χ0) is 107. The summed E-state index contributed by atoms with van der Waals surface area (Å²) in [7, 11) is -9.19. The van der Waals surface area contributed by atoms with Crippen LogP contribution in [0.5, 0.6) is 0 Å². The van der Waals surface area contributed by atoms with Crippen molar-refractivity contribution in [2.24, 2.45) is 11.1 Å². The molecule has 0 bridgehead atoms. The molecule has 0 atom stereocenters. The molecule has 21 nitrogen and oxygen atoms in total. The van der Waals surface area contributed by atoms with Crippen molar-refractivity contribution >= 4 is 135 Å². The first-order chi connectivity index (χ1) is 69.4. The van der Waals surface area contributed by atoms with Crippen LogP contribution < -0.4 is 5.73 Å². The molecule has 0 saturated carbocycles. The highest BCUT2D eigenvalue weighted by Gasteiger charge is 2.33. The minimum absolute atomic E-state index is 0.179. The Morgan fingerprint density at radius 3 is 0.837 bits per heavy atom. The van der Waals surface area contributed by atoms with Crippen LogP contribution >= 0.6 is 0 Å². The summed E-state index contributed by atoms with van der Waals surface area (Å²) >= 11 is 0. The van der Waals surface area contributed by atoms with Crippen LogP contribution in [-0.2, 0) is 65.8 Å². The smallest absolute Gasteiger partial charge is 0.227 e. The fourth-order valence-electron chi connectivity index (χ4n) is 16.8. The number of sulfone groups is 4. The maximum atomic E-state index is 12.5. The third kappa shape index (κ3) is 26.2. The number of benzene rings is 12. The number of allylic oxidation sites excluding steroid dienone is 1. The Balaban J connectivity index is 0.000000164. The molecule has 3 N–H and O–H groups in total. The topological polar surface area (TPSA) is 374 Å². The molecule has 0 unspecified atom stereocenters. The van der Waals surface area contributed by atoms with E-state index in [1.165, 1.54) is 30.9 Å². The highest BCUT2D eigenvalue weighted by molar-refractivity contribution is 7.91. The summed E-state index contributed by atoms with van der Waals surface area (Å²) < 4.78 is 94.9. The molecule has 0 fully saturated rings. The molecule has 4 heterocycles. The number of amides is 1. The van der Waals surface area contributed by atoms with E-state index in [4.69, 9.17) is 5.73 Å². The maximum absolute atomic E-state index is 12.5. The summed E-state index contributed by atoms with van der Waals surface area (Å²) in [5.74, 6) is -0.501. The van der Waals surface area contributed by atoms with Crippen molar-refractivity contribution < 1.29 is 43.6 Å². The first-order valence-electron chi connectivity index (χ1n) is 47.1. The Bertz CT molecular complexity index is 8660. The number of primary amides is 1. The van der Waals surface area contributed by atoms with Crippen molar-refractivity contribution in [2.75, 3.05) is 52.3 Å². The molecule has 0 spiro atoms. The number of pyridine rings is 4. The molecular weight excluding hydrogens is 1910 g/mol. The lowest BCUT2D eigenvalue weighted by Gasteiger charge is -2.25. The number of nitrogens with zero attached hydrogens (tertiary/aromatic N) is 10. The number of aliphatic hydroxyl groups excluding tert-OH is 1. The maximum Gasteiger partial charge on any atom is 0.227 e. The first kappa shape index (κ1) is 108. The molecular formula is C122H113N11O10S4. The lowest BCUT2D eigenvalue weighted by molar-refractivity contribution is -0.123. The number of likely N-dealkylation sites (N-methyl/N-ethyl adjacent to an activating group) is 1. The molecule has 16 aromatic rings. The van der Waals surface area contributed by atoms with Gasteiger partial charge in [0.2, 0.25) is 5.91 Å². The van der Waals surface area contributed by atoms with E-state index in [9.17, 15) is 69.9 Å². The lowest BCUT2D eigenvalue weighted by Crippen LogP contribution is -2.32. The highest BCUT2D eigenvalue weighted by atomic mass is 32.2. The molecule has 25 heteroatoms. The summed E-state index contributed by atoms with van der Waals surface area (Å²) in [6.07, 6.45) is 19.8. The second kappa shape index (κ2) is 44.6. The standard InChI is InChI=1S/C32H31N3O3S.C31H31N3O2S.C30H25N3O2S.C29H26N2O3S/c1-31(2,20-33)25-18-24-10-7-15-35-29(24)27(19-25)23-9-6-8-21(16-23)17-28(32(3,4)30(34)36)22-11-13-26(14-12-22)39(5,37)38;1-31(2,21-32)27-18-25-10-7-15-33-30(25)29(19-27)24-9-6-8-22(16-24)17-26(20-34(3)4)23-11-13-28(14-12-23)37(5,35)36;1-30(2,20-32)26-18-25-8-5-15-33-29(25)28(19-26)24-7-4-6-21(17-24)16-23(13-14-31)22-9-11-27(12-10-22)36(3,34)35;1-29(2,19-30)25-16-23-8-5-13-31-28(23)27(17-25)22-7-4-6-20(14-22)15-24(18-32)21-9-11-26(12-10-21)35(3,33)34/h6-19H,1-5H3,(H2,34,36);6-19H,20H2,1-5H3;4-12,15-19H,13H2,1-3H3;4-17,32H,18H2,1-3H3/b28-17-;26-17-;23-16+;24-15+. The third-order valence-corrected chi connectivity index (χ3v) is 30.2. The summed E-state index contributed by atoms with van der Waals surface area (Å²) in [6, 6.07) is 102. The number of aromatic nitrogens is 4. The van der Waals surface area contributed by atoms with Crippen molar-refractivity contribution in [3.8, 4) is 74.9 Å². The molecule has 740 valence electrons. The van der Waals surface area contributed by atoms with Gasteiger partial charge in [0.25, 0.3) is 0 Å². The van der Waals surface area contributed by atoms with Crippen LogP contribution in [0, 0.1) is 62.1 Å². The Kier molecular flexibility index (Phi) is 32.8. The molecule has 0 saturated heterocycles. The molecule has 16 rings (SSSR count). The van der Waals surface area contributed by atoms with Gasteiger partial charge in [-0.3, -0.25) is 24.7 Å². The summed E-state index contributed by atoms with van der Waals surface area (Å²) in [5, 5.41) is 62.2. The summed E-state index contributed by atoms with van der Waals surface area (Å²) in [4.78, 5) is 34.1. The Morgan fingerprint density at radius 1 is 0.333 bits per heavy atom. The van der Waals surface area contributed by atoms with Crippen molar-refractivity contribution in [2.45, 2.75) is 117 Å². The van der Waals surface area contributed by atoms with Gasteiger partial charge in [-0.15, -0.1) is 0 Å². The molecule has 0 aliphatic heterocycles. The lowest BCUT2D eigenvalue weighted by atomic mass is 9.78. The van der Waals surface area contributed by atoms with Gasteiger partial charge in [0.05, 0.1) is 112 Å². The predicted molar refractivity (Wildman–Crippen MR) is 592 cm³/mol. The number of fused-ring (bicyclic) bond motifs is 4. The average molecular weight is 2020 g/mol. The summed E-state index contributed by atoms with van der Waals surface area (Å²) in [6.45, 7) is 19.2. The fourth-order valence-corrected chi connectivity index (χ4v) is 19.3. The van der Waals surface area contributed by atoms with Crippen LogP contribution in [0.4, 0.5) is 0 Å². The quantitative estimate of drug-likeness (QED) is 0.0475. The monoisotopic (exact) mass is 2020 g/mol. The molecule has 147 heavy (non-hydrogen) atoms. The molecule has 0 aliphatic rings. The minimum Gasteiger partial charge on any atom is -0.392 e. The molecule has 4 aromatic heterocycles. The Morgan fingerprint density at radius 2 is 0.585 bits per heavy atom. The second-order valence-corrected chi connectivity index (χ2v) is 47.4. The van der Waals surface area contributed by atoms with Gasteiger partial charge in [0, 0.05) is 100 Å². The number of carbonyl (C=O) groups excluding carboxylic acids is 1. The normalized spacial score (nSPS) is 12.5. The Labute approximate surface area is 861 Å². The number of hydrogen-bond donors (Lipinski definition) is 2. The van der Waals surface area contributed by atoms with Gasteiger partial charge in [0.1, 0.15) is 0 Å². The zero-order valence-corrected chi connectivity index (χ0v) is 88.0. The third-order valence-electron chi connectivity index (χ3n) is 25.7. The molecule has 0 radical (unpaired) electrons. The van der Waals surface area contributed by atoms with E-state index in [0.29, 0.717) is 28.1 Å². The van der Waals surface area contributed by atoms with E-state index in [0.717, 1.165) is 167 Å². The van der Waals surface area contributed by atoms with E-state index >= 15 is 0 Å². The second-order valence-electron chi connectivity index (χ2n) is 39.3. The number of aliphatic hydroxyl groups is 1. The van der Waals surface area contributed by atoms with Gasteiger partial charge < -0.3 is 15.7 Å². The van der Waals surface area contributed by atoms with E-state index in [1.54, 1.807) is 111 Å². The number of carbonyl (C=O) groups is 1. The number of nitrogens with two attached hydrogens (primary N) is 1. The minimum atomic E-state index is -3.36. The van der Waals surface area contributed by atoms with Crippen molar-refractivity contribution in [1.29, 1.82) is 26.3 Å². The number of rotatable bonds is 26. The molecule has 1 amide bonds. The van der Waals surface area contributed by atoms with Gasteiger partial charge in [-0.2, -0.15) is 26.3 Å². The van der Waals surface area contributed by atoms with Crippen molar-refractivity contribution in [3.63, 3.8) is 0 Å². The van der Waals surface area contributed by atoms with Crippen LogP contribution in [0.25, 0.3) is 135 Å². The Hall–Kier alpha value is -16.1. The highest BCUT2D eigenvalue weighted by Crippen LogP contribution is 2.43. The van der Waals surface area contributed by atoms with Gasteiger partial charge in [-0.1, -0.05) is 158 Å². The average Bonchev–Trinajstić information content (AvgIpc) is 0.775. The van der Waals surface area contributed by atoms with Crippen LogP contribution in [-0.4, -0.2) is 122 Å². The predicted octanol–water partition coefficient (Wildman–Crippen LogP) is 24.6. The van der Waals surface area contributed by atoms with Crippen molar-refractivity contribution in [3.05, 3.63) is 383 Å². The first-order valence-corrected chi connectivity index (χ1v) is 54.6. The van der Waals surface area contributed by atoms with Gasteiger partial charge in [-0.25, -0.2) is 33.7 Å². The van der Waals surface area contributed by atoms with Crippen LogP contribution in [0.2, 0.25) is 0 Å². The summed E-state index contributed by atoms with van der Waals surface area (Å²) in [5.41, 5.74) is 26.8. The fraction of sp³-hybridized carbons (Fsp3) is 0.197. The van der Waals surface area contributed by atoms with E-state index < -0.39 is 72.3 Å². The molecule has 0 aliphatic carbocycles. The van der Waals surface area contributed by atoms with Gasteiger partial charge in [-0.05, 0) is 352 Å². The van der Waals surface area contributed by atoms with E-state index in [-0.39, 0.29) is 27.7 Å². The van der Waals surface area contributed by atoms with Gasteiger partial charge in [0.15, 0.2) is 39.3 Å². The van der Waals surface area contributed by atoms with E-state index in [1.807, 2.05) is 270 Å². The number of nitriles is 5. The van der Waals surface area contributed by atoms with Crippen LogP contribution in [0.3, 0.4) is 0 Å². The zero-order valence-electron chi connectivity index (χ0n) is 84.8. The van der Waals surface area contributed by atoms with Crippen molar-refractivity contribution in [1.82, 2.24) is 24.8 Å². The van der Waals surface area contributed by atoms with E-state index in [2.05, 4.69) is 85.5 Å².